The molecule has 166 valence electrons. The number of amides is 1. The number of likely N-dealkylation sites (N-methyl/N-ethyl adjacent to an activating group) is 1. The van der Waals surface area contributed by atoms with Crippen LogP contribution < -0.4 is 10.2 Å². The van der Waals surface area contributed by atoms with Crippen molar-refractivity contribution in [3.63, 3.8) is 0 Å². The second-order valence-electron chi connectivity index (χ2n) is 8.05. The van der Waals surface area contributed by atoms with E-state index >= 15 is 0 Å². The molecule has 2 aliphatic rings. The van der Waals surface area contributed by atoms with E-state index in [0.29, 0.717) is 30.1 Å². The normalized spacial score (nSPS) is 20.7. The third-order valence-corrected chi connectivity index (χ3v) is 8.10. The van der Waals surface area contributed by atoms with Gasteiger partial charge in [-0.3, -0.25) is 4.79 Å². The van der Waals surface area contributed by atoms with Gasteiger partial charge in [0.05, 0.1) is 4.90 Å². The molecule has 2 heterocycles. The van der Waals surface area contributed by atoms with Crippen LogP contribution in [0.4, 0.5) is 11.4 Å². The first-order valence-corrected chi connectivity index (χ1v) is 12.3. The number of hydrogen-bond donors (Lipinski definition) is 1. The molecular weight excluding hydrogens is 436 g/mol. The van der Waals surface area contributed by atoms with Gasteiger partial charge in [0.25, 0.3) is 0 Å². The van der Waals surface area contributed by atoms with E-state index in [0.717, 1.165) is 31.9 Å². The molecule has 2 aliphatic heterocycles. The number of sulfonamides is 1. The first-order valence-electron chi connectivity index (χ1n) is 10.5. The van der Waals surface area contributed by atoms with Crippen LogP contribution in [0.2, 0.25) is 5.02 Å². The Morgan fingerprint density at radius 3 is 2.26 bits per heavy atom. The van der Waals surface area contributed by atoms with Gasteiger partial charge in [0.15, 0.2) is 0 Å². The Morgan fingerprint density at radius 2 is 1.61 bits per heavy atom. The summed E-state index contributed by atoms with van der Waals surface area (Å²) in [5.41, 5.74) is 1.79. The largest absolute Gasteiger partial charge is 0.369 e. The van der Waals surface area contributed by atoms with Crippen LogP contribution in [-0.2, 0) is 14.8 Å². The summed E-state index contributed by atoms with van der Waals surface area (Å²) in [5.74, 6) is -0.303. The van der Waals surface area contributed by atoms with Crippen molar-refractivity contribution in [2.45, 2.75) is 23.8 Å². The molecule has 0 aliphatic carbocycles. The van der Waals surface area contributed by atoms with Crippen LogP contribution in [0.5, 0.6) is 0 Å². The van der Waals surface area contributed by atoms with Crippen LogP contribution in [-0.4, -0.2) is 69.3 Å². The molecule has 2 fully saturated rings. The van der Waals surface area contributed by atoms with Crippen molar-refractivity contribution in [2.75, 3.05) is 50.0 Å². The highest BCUT2D eigenvalue weighted by atomic mass is 35.5. The number of nitrogens with zero attached hydrogens (tertiary/aromatic N) is 3. The van der Waals surface area contributed by atoms with Gasteiger partial charge in [-0.25, -0.2) is 8.42 Å². The van der Waals surface area contributed by atoms with Crippen molar-refractivity contribution in [1.82, 2.24) is 9.21 Å². The number of hydrogen-bond acceptors (Lipinski definition) is 5. The number of piperazine rings is 1. The van der Waals surface area contributed by atoms with Crippen molar-refractivity contribution in [3.8, 4) is 0 Å². The predicted molar refractivity (Wildman–Crippen MR) is 123 cm³/mol. The maximum absolute atomic E-state index is 13.0. The average molecular weight is 463 g/mol. The quantitative estimate of drug-likeness (QED) is 0.739. The van der Waals surface area contributed by atoms with Gasteiger partial charge in [-0.05, 0) is 68.4 Å². The van der Waals surface area contributed by atoms with E-state index in [1.54, 1.807) is 12.1 Å². The number of halogens is 1. The predicted octanol–water partition coefficient (Wildman–Crippen LogP) is 2.88. The fourth-order valence-corrected chi connectivity index (χ4v) is 5.86. The van der Waals surface area contributed by atoms with Gasteiger partial charge in [-0.2, -0.15) is 4.31 Å². The fourth-order valence-electron chi connectivity index (χ4n) is 4.08. The summed E-state index contributed by atoms with van der Waals surface area (Å²) >= 11 is 5.88. The molecular formula is C22H27ClN4O3S. The number of nitrogens with one attached hydrogen (secondary N) is 1. The number of carbonyl (C=O) groups excluding carboxylic acids is 1. The van der Waals surface area contributed by atoms with E-state index in [4.69, 9.17) is 11.6 Å². The molecule has 1 atom stereocenters. The van der Waals surface area contributed by atoms with Crippen LogP contribution in [0.3, 0.4) is 0 Å². The standard InChI is InChI=1S/C22H27ClN4O3S/c1-25-13-15-26(16-14-25)19-8-6-18(7-9-19)24-22(28)21-3-2-12-27(21)31(29,30)20-10-4-17(23)5-11-20/h4-11,21H,2-3,12-16H2,1H3,(H,24,28). The first-order chi connectivity index (χ1) is 14.8. The van der Waals surface area contributed by atoms with Crippen LogP contribution >= 0.6 is 11.6 Å². The SMILES string of the molecule is CN1CCN(c2ccc(NC(=O)C3CCCN3S(=O)(=O)c3ccc(Cl)cc3)cc2)CC1. The molecule has 0 aromatic heterocycles. The van der Waals surface area contributed by atoms with E-state index in [-0.39, 0.29) is 10.8 Å². The molecule has 1 N–H and O–H groups in total. The zero-order valence-electron chi connectivity index (χ0n) is 17.5. The highest BCUT2D eigenvalue weighted by Gasteiger charge is 2.39. The second kappa shape index (κ2) is 9.16. The summed E-state index contributed by atoms with van der Waals surface area (Å²) < 4.78 is 27.4. The third-order valence-electron chi connectivity index (χ3n) is 5.93. The van der Waals surface area contributed by atoms with Gasteiger partial charge in [-0.15, -0.1) is 0 Å². The lowest BCUT2D eigenvalue weighted by Crippen LogP contribution is -2.44. The molecule has 0 spiro atoms. The molecule has 2 aromatic rings. The topological polar surface area (TPSA) is 73.0 Å². The Hall–Kier alpha value is -2.13. The van der Waals surface area contributed by atoms with Gasteiger partial charge in [0.1, 0.15) is 6.04 Å². The minimum Gasteiger partial charge on any atom is -0.369 e. The smallest absolute Gasteiger partial charge is 0.243 e. The summed E-state index contributed by atoms with van der Waals surface area (Å²) in [6.45, 7) is 4.32. The Morgan fingerprint density at radius 1 is 0.968 bits per heavy atom. The second-order valence-corrected chi connectivity index (χ2v) is 10.4. The van der Waals surface area contributed by atoms with Crippen molar-refractivity contribution >= 4 is 38.9 Å². The number of rotatable bonds is 5. The van der Waals surface area contributed by atoms with Crippen molar-refractivity contribution in [2.24, 2.45) is 0 Å². The van der Waals surface area contributed by atoms with E-state index in [1.165, 1.54) is 16.4 Å². The van der Waals surface area contributed by atoms with E-state index < -0.39 is 16.1 Å². The number of benzene rings is 2. The summed E-state index contributed by atoms with van der Waals surface area (Å²) in [5, 5.41) is 3.36. The molecule has 2 aromatic carbocycles. The molecule has 0 bridgehead atoms. The molecule has 2 saturated heterocycles. The molecule has 31 heavy (non-hydrogen) atoms. The summed E-state index contributed by atoms with van der Waals surface area (Å²) in [6.07, 6.45) is 1.14. The molecule has 1 unspecified atom stereocenters. The molecule has 9 heteroatoms. The van der Waals surface area contributed by atoms with Gasteiger partial charge in [-0.1, -0.05) is 11.6 Å². The Labute approximate surface area is 188 Å². The lowest BCUT2D eigenvalue weighted by atomic mass is 10.2. The Bertz CT molecular complexity index is 1020. The van der Waals surface area contributed by atoms with Gasteiger partial charge >= 0.3 is 0 Å². The van der Waals surface area contributed by atoms with Crippen LogP contribution in [0.1, 0.15) is 12.8 Å². The highest BCUT2D eigenvalue weighted by Crippen LogP contribution is 2.28. The summed E-state index contributed by atoms with van der Waals surface area (Å²) in [4.78, 5) is 17.7. The zero-order valence-corrected chi connectivity index (χ0v) is 19.1. The maximum atomic E-state index is 13.0. The van der Waals surface area contributed by atoms with Crippen molar-refractivity contribution < 1.29 is 13.2 Å². The van der Waals surface area contributed by atoms with Crippen molar-refractivity contribution in [3.05, 3.63) is 53.6 Å². The summed E-state index contributed by atoms with van der Waals surface area (Å²) in [6, 6.07) is 13.1. The highest BCUT2D eigenvalue weighted by molar-refractivity contribution is 7.89. The Kier molecular flexibility index (Phi) is 6.52. The van der Waals surface area contributed by atoms with Crippen LogP contribution in [0.25, 0.3) is 0 Å². The third kappa shape index (κ3) is 4.87. The van der Waals surface area contributed by atoms with Crippen LogP contribution in [0.15, 0.2) is 53.4 Å². The van der Waals surface area contributed by atoms with Crippen molar-refractivity contribution in [1.29, 1.82) is 0 Å². The maximum Gasteiger partial charge on any atom is 0.243 e. The van der Waals surface area contributed by atoms with Gasteiger partial charge in [0.2, 0.25) is 15.9 Å². The lowest BCUT2D eigenvalue weighted by molar-refractivity contribution is -0.119. The minimum absolute atomic E-state index is 0.146. The minimum atomic E-state index is -3.76. The Balaban J connectivity index is 1.43. The number of carbonyl (C=O) groups is 1. The van der Waals surface area contributed by atoms with Crippen LogP contribution in [0, 0.1) is 0 Å². The van der Waals surface area contributed by atoms with Gasteiger partial charge < -0.3 is 15.1 Å². The number of anilines is 2. The molecule has 0 radical (unpaired) electrons. The van der Waals surface area contributed by atoms with E-state index in [9.17, 15) is 13.2 Å². The van der Waals surface area contributed by atoms with E-state index in [2.05, 4.69) is 22.2 Å². The van der Waals surface area contributed by atoms with E-state index in [1.807, 2.05) is 24.3 Å². The molecule has 4 rings (SSSR count). The average Bonchev–Trinajstić information content (AvgIpc) is 3.26. The molecule has 0 saturated carbocycles. The lowest BCUT2D eigenvalue weighted by Gasteiger charge is -2.34. The molecule has 7 nitrogen and oxygen atoms in total. The zero-order chi connectivity index (χ0) is 22.0. The molecule has 1 amide bonds. The van der Waals surface area contributed by atoms with Gasteiger partial charge in [0, 0.05) is 49.1 Å². The summed E-state index contributed by atoms with van der Waals surface area (Å²) in [7, 11) is -1.64. The fraction of sp³-hybridized carbons (Fsp3) is 0.409. The monoisotopic (exact) mass is 462 g/mol. The first kappa shape index (κ1) is 22.1.